The summed E-state index contributed by atoms with van der Waals surface area (Å²) in [6, 6.07) is 0.952. The summed E-state index contributed by atoms with van der Waals surface area (Å²) < 4.78 is 5.11. The van der Waals surface area contributed by atoms with E-state index in [0.29, 0.717) is 12.7 Å². The SMILES string of the molecule is CC(C#N)[C@H](C=O)NC(=O)C[C@@H](C)OC(O)CNC(=O)CNC=O. The number of hydrogen-bond donors (Lipinski definition) is 4. The topological polar surface area (TPSA) is 158 Å². The van der Waals surface area contributed by atoms with E-state index in [9.17, 15) is 24.3 Å². The van der Waals surface area contributed by atoms with Crippen molar-refractivity contribution in [3.05, 3.63) is 0 Å². The van der Waals surface area contributed by atoms with Gasteiger partial charge < -0.3 is 30.6 Å². The predicted octanol–water partition coefficient (Wildman–Crippen LogP) is -2.19. The number of hydrogen-bond acceptors (Lipinski definition) is 7. The Morgan fingerprint density at radius 2 is 1.96 bits per heavy atom. The molecule has 10 heteroatoms. The van der Waals surface area contributed by atoms with Crippen molar-refractivity contribution in [2.45, 2.75) is 38.7 Å². The Hall–Kier alpha value is -2.51. The summed E-state index contributed by atoms with van der Waals surface area (Å²) in [5.41, 5.74) is 0. The first-order valence-corrected chi connectivity index (χ1v) is 7.25. The Bertz CT molecular complexity index is 478. The van der Waals surface area contributed by atoms with Gasteiger partial charge in [0.25, 0.3) is 0 Å². The zero-order chi connectivity index (χ0) is 18.5. The van der Waals surface area contributed by atoms with E-state index in [-0.39, 0.29) is 19.5 Å². The quantitative estimate of drug-likeness (QED) is 0.231. The number of amides is 3. The van der Waals surface area contributed by atoms with Crippen LogP contribution >= 0.6 is 0 Å². The minimum Gasteiger partial charge on any atom is -0.366 e. The minimum absolute atomic E-state index is 0.139. The number of aliphatic hydroxyl groups excluding tert-OH is 1. The Balaban J connectivity index is 4.14. The molecule has 4 atom stereocenters. The maximum Gasteiger partial charge on any atom is 0.239 e. The highest BCUT2D eigenvalue weighted by Gasteiger charge is 2.21. The van der Waals surface area contributed by atoms with Crippen LogP contribution in [0.5, 0.6) is 0 Å². The van der Waals surface area contributed by atoms with Crippen LogP contribution in [0.15, 0.2) is 0 Å². The average Bonchev–Trinajstić information content (AvgIpc) is 2.54. The number of nitrogens with zero attached hydrogens (tertiary/aromatic N) is 1. The number of carbonyl (C=O) groups is 4. The molecule has 0 rings (SSSR count). The molecule has 0 aromatic rings. The Morgan fingerprint density at radius 1 is 1.29 bits per heavy atom. The molecule has 10 nitrogen and oxygen atoms in total. The number of rotatable bonds is 12. The van der Waals surface area contributed by atoms with Gasteiger partial charge in [0.2, 0.25) is 18.2 Å². The van der Waals surface area contributed by atoms with Gasteiger partial charge in [-0.25, -0.2) is 0 Å². The molecule has 0 aliphatic heterocycles. The summed E-state index contributed by atoms with van der Waals surface area (Å²) in [5.74, 6) is -1.67. The summed E-state index contributed by atoms with van der Waals surface area (Å²) in [4.78, 5) is 43.8. The van der Waals surface area contributed by atoms with Gasteiger partial charge in [-0.15, -0.1) is 0 Å². The van der Waals surface area contributed by atoms with Crippen LogP contribution in [0.3, 0.4) is 0 Å². The average molecular weight is 342 g/mol. The van der Waals surface area contributed by atoms with Gasteiger partial charge in [-0.1, -0.05) is 0 Å². The van der Waals surface area contributed by atoms with E-state index < -0.39 is 36.2 Å². The van der Waals surface area contributed by atoms with Crippen molar-refractivity contribution in [1.82, 2.24) is 16.0 Å². The van der Waals surface area contributed by atoms with Crippen LogP contribution in [0.25, 0.3) is 0 Å². The maximum atomic E-state index is 11.8. The van der Waals surface area contributed by atoms with Gasteiger partial charge in [-0.3, -0.25) is 14.4 Å². The van der Waals surface area contributed by atoms with Crippen molar-refractivity contribution in [1.29, 1.82) is 5.26 Å². The van der Waals surface area contributed by atoms with E-state index in [1.165, 1.54) is 13.8 Å². The van der Waals surface area contributed by atoms with Crippen LogP contribution < -0.4 is 16.0 Å². The molecule has 24 heavy (non-hydrogen) atoms. The fourth-order valence-electron chi connectivity index (χ4n) is 1.63. The van der Waals surface area contributed by atoms with Crippen molar-refractivity contribution in [2.75, 3.05) is 13.1 Å². The normalized spacial score (nSPS) is 15.1. The second-order valence-electron chi connectivity index (χ2n) is 5.06. The molecule has 0 radical (unpaired) electrons. The van der Waals surface area contributed by atoms with Gasteiger partial charge in [0, 0.05) is 0 Å². The summed E-state index contributed by atoms with van der Waals surface area (Å²) >= 11 is 0. The summed E-state index contributed by atoms with van der Waals surface area (Å²) in [6.45, 7) is 2.60. The Labute approximate surface area is 139 Å². The van der Waals surface area contributed by atoms with E-state index in [1.54, 1.807) is 0 Å². The zero-order valence-electron chi connectivity index (χ0n) is 13.5. The summed E-state index contributed by atoms with van der Waals surface area (Å²) in [5, 5.41) is 25.2. The molecule has 0 aromatic carbocycles. The van der Waals surface area contributed by atoms with Gasteiger partial charge in [-0.2, -0.15) is 5.26 Å². The standard InChI is InChI=1S/C14H22N4O6/c1-9(4-15)11(7-19)18-12(21)3-10(2)24-14(23)6-17-13(22)5-16-8-20/h7-11,14,23H,3,5-6H2,1-2H3,(H,16,20)(H,17,22)(H,18,21)/t9?,10-,11+,14?/m1/s1. The lowest BCUT2D eigenvalue weighted by Gasteiger charge is -2.20. The van der Waals surface area contributed by atoms with E-state index in [2.05, 4.69) is 16.0 Å². The minimum atomic E-state index is -1.34. The van der Waals surface area contributed by atoms with Gasteiger partial charge in [0.1, 0.15) is 6.29 Å². The second kappa shape index (κ2) is 12.0. The lowest BCUT2D eigenvalue weighted by molar-refractivity contribution is -0.145. The molecule has 0 bridgehead atoms. The largest absolute Gasteiger partial charge is 0.366 e. The van der Waals surface area contributed by atoms with E-state index >= 15 is 0 Å². The van der Waals surface area contributed by atoms with Crippen molar-refractivity contribution in [3.8, 4) is 6.07 Å². The molecular formula is C14H22N4O6. The molecule has 0 saturated heterocycles. The van der Waals surface area contributed by atoms with E-state index in [4.69, 9.17) is 10.00 Å². The first kappa shape index (κ1) is 21.5. The number of nitriles is 1. The Kier molecular flexibility index (Phi) is 10.7. The fourth-order valence-corrected chi connectivity index (χ4v) is 1.63. The molecule has 0 aromatic heterocycles. The van der Waals surface area contributed by atoms with Crippen LogP contribution in [-0.2, 0) is 23.9 Å². The third-order valence-electron chi connectivity index (χ3n) is 2.90. The zero-order valence-corrected chi connectivity index (χ0v) is 13.5. The van der Waals surface area contributed by atoms with Crippen molar-refractivity contribution in [2.24, 2.45) is 5.92 Å². The molecule has 2 unspecified atom stereocenters. The monoisotopic (exact) mass is 342 g/mol. The van der Waals surface area contributed by atoms with Gasteiger partial charge in [0.05, 0.1) is 43.6 Å². The number of aliphatic hydroxyl groups is 1. The molecule has 0 fully saturated rings. The van der Waals surface area contributed by atoms with E-state index in [1.807, 2.05) is 6.07 Å². The summed E-state index contributed by atoms with van der Waals surface area (Å²) in [7, 11) is 0. The molecule has 134 valence electrons. The lowest BCUT2D eigenvalue weighted by atomic mass is 10.1. The molecule has 0 heterocycles. The highest BCUT2D eigenvalue weighted by molar-refractivity contribution is 5.80. The first-order valence-electron chi connectivity index (χ1n) is 7.25. The molecular weight excluding hydrogens is 320 g/mol. The van der Waals surface area contributed by atoms with Crippen LogP contribution in [0.4, 0.5) is 0 Å². The van der Waals surface area contributed by atoms with Crippen molar-refractivity contribution >= 4 is 24.5 Å². The molecule has 0 spiro atoms. The smallest absolute Gasteiger partial charge is 0.239 e. The molecule has 0 saturated carbocycles. The van der Waals surface area contributed by atoms with Crippen LogP contribution in [0.1, 0.15) is 20.3 Å². The molecule has 0 aliphatic rings. The number of aldehydes is 1. The second-order valence-corrected chi connectivity index (χ2v) is 5.06. The molecule has 4 N–H and O–H groups in total. The summed E-state index contributed by atoms with van der Waals surface area (Å²) in [6.07, 6.45) is -1.31. The lowest BCUT2D eigenvalue weighted by Crippen LogP contribution is -2.42. The van der Waals surface area contributed by atoms with Crippen LogP contribution in [-0.4, -0.2) is 61.1 Å². The maximum absolute atomic E-state index is 11.8. The highest BCUT2D eigenvalue weighted by atomic mass is 16.6. The van der Waals surface area contributed by atoms with Crippen LogP contribution in [0.2, 0.25) is 0 Å². The first-order chi connectivity index (χ1) is 11.3. The Morgan fingerprint density at radius 3 is 2.50 bits per heavy atom. The van der Waals surface area contributed by atoms with Crippen LogP contribution in [0, 0.1) is 17.2 Å². The van der Waals surface area contributed by atoms with Gasteiger partial charge in [-0.05, 0) is 13.8 Å². The number of nitrogens with one attached hydrogen (secondary N) is 3. The van der Waals surface area contributed by atoms with Crippen molar-refractivity contribution < 1.29 is 29.0 Å². The van der Waals surface area contributed by atoms with Crippen molar-refractivity contribution in [3.63, 3.8) is 0 Å². The molecule has 3 amide bonds. The predicted molar refractivity (Wildman–Crippen MR) is 81.0 cm³/mol. The number of ether oxygens (including phenoxy) is 1. The van der Waals surface area contributed by atoms with Gasteiger partial charge in [0.15, 0.2) is 6.29 Å². The number of carbonyl (C=O) groups excluding carboxylic acids is 4. The van der Waals surface area contributed by atoms with E-state index in [0.717, 1.165) is 0 Å². The third-order valence-corrected chi connectivity index (χ3v) is 2.90. The molecule has 0 aliphatic carbocycles. The third kappa shape index (κ3) is 9.50. The van der Waals surface area contributed by atoms with Gasteiger partial charge >= 0.3 is 0 Å². The fraction of sp³-hybridized carbons (Fsp3) is 0.643. The highest BCUT2D eigenvalue weighted by Crippen LogP contribution is 2.03.